The highest BCUT2D eigenvalue weighted by atomic mass is 19.3. The predicted octanol–water partition coefficient (Wildman–Crippen LogP) is 1.95. The zero-order chi connectivity index (χ0) is 21.9. The molecule has 0 bridgehead atoms. The molecule has 5 rings (SSSR count). The quantitative estimate of drug-likeness (QED) is 0.736. The average Bonchev–Trinajstić information content (AvgIpc) is 3.46. The number of aromatic carboxylic acids is 1. The summed E-state index contributed by atoms with van der Waals surface area (Å²) in [5.74, 6) is -2.85. The van der Waals surface area contributed by atoms with Crippen molar-refractivity contribution in [1.82, 2.24) is 9.88 Å². The third kappa shape index (κ3) is 3.41. The maximum atomic E-state index is 15.3. The van der Waals surface area contributed by atoms with Gasteiger partial charge in [-0.05, 0) is 18.9 Å². The van der Waals surface area contributed by atoms with Gasteiger partial charge in [0, 0.05) is 31.9 Å². The number of ether oxygens (including phenoxy) is 2. The van der Waals surface area contributed by atoms with Crippen molar-refractivity contribution >= 4 is 22.6 Å². The van der Waals surface area contributed by atoms with E-state index in [1.54, 1.807) is 4.90 Å². The smallest absolute Gasteiger partial charge is 0.387 e. The normalized spacial score (nSPS) is 23.4. The second-order valence-electron chi connectivity index (χ2n) is 8.00. The van der Waals surface area contributed by atoms with Crippen molar-refractivity contribution < 1.29 is 32.5 Å². The number of rotatable bonds is 5. The van der Waals surface area contributed by atoms with Crippen LogP contribution < -0.4 is 20.4 Å². The second-order valence-corrected chi connectivity index (χ2v) is 8.00. The molecule has 8 nitrogen and oxygen atoms in total. The Balaban J connectivity index is 1.75. The summed E-state index contributed by atoms with van der Waals surface area (Å²) in [7, 11) is 0. The van der Waals surface area contributed by atoms with Gasteiger partial charge in [0.05, 0.1) is 29.7 Å². The van der Waals surface area contributed by atoms with Gasteiger partial charge >= 0.3 is 12.6 Å². The number of pyridine rings is 1. The van der Waals surface area contributed by atoms with Crippen molar-refractivity contribution in [2.24, 2.45) is 0 Å². The van der Waals surface area contributed by atoms with Crippen LogP contribution in [0.2, 0.25) is 0 Å². The van der Waals surface area contributed by atoms with Crippen LogP contribution in [0.5, 0.6) is 5.75 Å². The first-order valence-corrected chi connectivity index (χ1v) is 10.0. The molecular weight excluding hydrogens is 419 g/mol. The van der Waals surface area contributed by atoms with E-state index in [4.69, 9.17) is 9.47 Å². The Hall–Kier alpha value is -2.79. The predicted molar refractivity (Wildman–Crippen MR) is 104 cm³/mol. The summed E-state index contributed by atoms with van der Waals surface area (Å²) in [6.07, 6.45) is 2.27. The topological polar surface area (TPSA) is 93.0 Å². The average molecular weight is 439 g/mol. The lowest BCUT2D eigenvalue weighted by Crippen LogP contribution is -2.47. The SMILES string of the molecule is O=C(O)c1cn(C2CC2)c2c(OC(F)F)c(N3C[C@@H]4NCCO[C@H]4C3)c(F)cc2c1=O. The Bertz CT molecular complexity index is 1100. The molecule has 1 aromatic carbocycles. The lowest BCUT2D eigenvalue weighted by Gasteiger charge is -2.25. The Morgan fingerprint density at radius 3 is 2.74 bits per heavy atom. The molecular formula is C20H20F3N3O5. The van der Waals surface area contributed by atoms with E-state index in [2.05, 4.69) is 5.32 Å². The number of carbonyl (C=O) groups is 1. The van der Waals surface area contributed by atoms with Crippen molar-refractivity contribution in [3.8, 4) is 5.75 Å². The summed E-state index contributed by atoms with van der Waals surface area (Å²) in [5.41, 5.74) is -1.68. The van der Waals surface area contributed by atoms with Crippen LogP contribution in [0, 0.1) is 5.82 Å². The Labute approximate surface area is 174 Å². The number of halogens is 3. The molecule has 2 aromatic rings. The maximum absolute atomic E-state index is 15.3. The summed E-state index contributed by atoms with van der Waals surface area (Å²) in [5, 5.41) is 12.4. The fourth-order valence-corrected chi connectivity index (χ4v) is 4.51. The van der Waals surface area contributed by atoms with Gasteiger partial charge in [-0.3, -0.25) is 4.79 Å². The van der Waals surface area contributed by atoms with Crippen LogP contribution in [0.25, 0.3) is 10.9 Å². The molecule has 0 spiro atoms. The van der Waals surface area contributed by atoms with E-state index in [0.717, 1.165) is 12.3 Å². The molecule has 1 aliphatic carbocycles. The molecule has 0 amide bonds. The van der Waals surface area contributed by atoms with Gasteiger partial charge < -0.3 is 29.4 Å². The van der Waals surface area contributed by atoms with E-state index in [-0.39, 0.29) is 41.3 Å². The van der Waals surface area contributed by atoms with Crippen LogP contribution >= 0.6 is 0 Å². The van der Waals surface area contributed by atoms with Gasteiger partial charge in [0.1, 0.15) is 11.3 Å². The van der Waals surface area contributed by atoms with Crippen molar-refractivity contribution in [3.05, 3.63) is 33.9 Å². The zero-order valence-corrected chi connectivity index (χ0v) is 16.3. The van der Waals surface area contributed by atoms with Crippen LogP contribution in [0.1, 0.15) is 29.2 Å². The zero-order valence-electron chi connectivity index (χ0n) is 16.3. The number of aromatic nitrogens is 1. The van der Waals surface area contributed by atoms with E-state index in [9.17, 15) is 23.5 Å². The third-order valence-corrected chi connectivity index (χ3v) is 6.00. The van der Waals surface area contributed by atoms with E-state index in [1.807, 2.05) is 0 Å². The van der Waals surface area contributed by atoms with E-state index >= 15 is 4.39 Å². The minimum atomic E-state index is -3.26. The largest absolute Gasteiger partial charge is 0.477 e. The molecule has 3 aliphatic rings. The molecule has 2 atom stereocenters. The lowest BCUT2D eigenvalue weighted by molar-refractivity contribution is -0.0488. The molecule has 3 heterocycles. The Kier molecular flexibility index (Phi) is 4.82. The van der Waals surface area contributed by atoms with Crippen molar-refractivity contribution in [2.45, 2.75) is 37.6 Å². The Morgan fingerprint density at radius 2 is 2.10 bits per heavy atom. The first kappa shape index (κ1) is 20.1. The lowest BCUT2D eigenvalue weighted by atomic mass is 10.1. The molecule has 0 radical (unpaired) electrons. The molecule has 1 aromatic heterocycles. The van der Waals surface area contributed by atoms with Gasteiger partial charge in [0.15, 0.2) is 11.6 Å². The molecule has 3 fully saturated rings. The van der Waals surface area contributed by atoms with Crippen molar-refractivity contribution in [2.75, 3.05) is 31.1 Å². The standard InChI is InChI=1S/C20H20F3N3O5/c21-12-5-10-15(26(9-1-2-9)6-11(17(10)27)19(28)29)18(31-20(22)23)16(12)25-7-13-14(8-25)30-4-3-24-13/h5-6,9,13-14,20,24H,1-4,7-8H2,(H,28,29)/t13-,14-/m0/s1. The fraction of sp³-hybridized carbons (Fsp3) is 0.500. The van der Waals surface area contributed by atoms with Gasteiger partial charge in [-0.25, -0.2) is 9.18 Å². The van der Waals surface area contributed by atoms with Crippen LogP contribution in [0.15, 0.2) is 17.1 Å². The molecule has 31 heavy (non-hydrogen) atoms. The number of hydrogen-bond donors (Lipinski definition) is 2. The number of nitrogens with one attached hydrogen (secondary N) is 1. The van der Waals surface area contributed by atoms with E-state index in [0.29, 0.717) is 32.5 Å². The number of fused-ring (bicyclic) bond motifs is 2. The maximum Gasteiger partial charge on any atom is 0.387 e. The first-order chi connectivity index (χ1) is 14.8. The van der Waals surface area contributed by atoms with E-state index < -0.39 is 35.1 Å². The van der Waals surface area contributed by atoms with Crippen LogP contribution in [0.4, 0.5) is 18.9 Å². The Morgan fingerprint density at radius 1 is 1.32 bits per heavy atom. The summed E-state index contributed by atoms with van der Waals surface area (Å²) in [6, 6.07) is 0.654. The monoisotopic (exact) mass is 439 g/mol. The number of alkyl halides is 2. The third-order valence-electron chi connectivity index (χ3n) is 6.00. The number of carboxylic acid groups (broad SMARTS) is 1. The van der Waals surface area contributed by atoms with Gasteiger partial charge in [0.2, 0.25) is 5.43 Å². The second kappa shape index (κ2) is 7.41. The molecule has 11 heteroatoms. The number of hydrogen-bond acceptors (Lipinski definition) is 6. The van der Waals surface area contributed by atoms with Gasteiger partial charge in [0.25, 0.3) is 0 Å². The highest BCUT2D eigenvalue weighted by Crippen LogP contribution is 2.45. The molecule has 2 aliphatic heterocycles. The first-order valence-electron chi connectivity index (χ1n) is 10.0. The number of benzene rings is 1. The van der Waals surface area contributed by atoms with Gasteiger partial charge in [-0.1, -0.05) is 0 Å². The molecule has 1 saturated carbocycles. The summed E-state index contributed by atoms with van der Waals surface area (Å²) < 4.78 is 54.1. The molecule has 2 N–H and O–H groups in total. The highest BCUT2D eigenvalue weighted by molar-refractivity contribution is 5.97. The van der Waals surface area contributed by atoms with Crippen molar-refractivity contribution in [3.63, 3.8) is 0 Å². The number of anilines is 1. The van der Waals surface area contributed by atoms with Crippen molar-refractivity contribution in [1.29, 1.82) is 0 Å². The highest BCUT2D eigenvalue weighted by Gasteiger charge is 2.39. The van der Waals surface area contributed by atoms with Crippen LogP contribution in [-0.4, -0.2) is 60.6 Å². The minimum Gasteiger partial charge on any atom is -0.477 e. The van der Waals surface area contributed by atoms with Crippen LogP contribution in [0.3, 0.4) is 0 Å². The van der Waals surface area contributed by atoms with E-state index in [1.165, 1.54) is 4.57 Å². The summed E-state index contributed by atoms with van der Waals surface area (Å²) in [4.78, 5) is 25.9. The molecule has 2 saturated heterocycles. The number of carboxylic acids is 1. The van der Waals surface area contributed by atoms with Gasteiger partial charge in [-0.2, -0.15) is 8.78 Å². The van der Waals surface area contributed by atoms with Crippen LogP contribution in [-0.2, 0) is 4.74 Å². The number of nitrogens with zero attached hydrogens (tertiary/aromatic N) is 2. The molecule has 166 valence electrons. The fourth-order valence-electron chi connectivity index (χ4n) is 4.51. The summed E-state index contributed by atoms with van der Waals surface area (Å²) in [6.45, 7) is -1.55. The summed E-state index contributed by atoms with van der Waals surface area (Å²) >= 11 is 0. The molecule has 0 unspecified atom stereocenters. The number of morpholine rings is 1. The van der Waals surface area contributed by atoms with Gasteiger partial charge in [-0.15, -0.1) is 0 Å². The minimum absolute atomic E-state index is 0.0158.